The predicted octanol–water partition coefficient (Wildman–Crippen LogP) is 3.63. The Kier molecular flexibility index (Phi) is 3.39. The highest BCUT2D eigenvalue weighted by Crippen LogP contribution is 2.27. The number of nitroso groups, excluding NO2 is 1. The maximum atomic E-state index is 12.0. The molecule has 2 aliphatic rings. The first-order chi connectivity index (χ1) is 10.3. The summed E-state index contributed by atoms with van der Waals surface area (Å²) in [5.41, 5.74) is 2.38. The van der Waals surface area contributed by atoms with Crippen LogP contribution in [0.1, 0.15) is 5.56 Å². The first-order valence-corrected chi connectivity index (χ1v) is 6.37. The van der Waals surface area contributed by atoms with E-state index in [1.807, 2.05) is 30.3 Å². The third-order valence-corrected chi connectivity index (χ3v) is 3.12. The number of aromatic nitrogens is 1. The van der Waals surface area contributed by atoms with Gasteiger partial charge in [0.1, 0.15) is 11.4 Å². The van der Waals surface area contributed by atoms with E-state index in [0.717, 1.165) is 11.3 Å². The SMILES string of the molecule is O=Nc1ccccc1/C=N/c1c2cccccc-2[nH]c1=O. The Bertz CT molecular complexity index is 852. The fraction of sp³-hybridized carbons (Fsp3) is 0. The quantitative estimate of drug-likeness (QED) is 0.586. The van der Waals surface area contributed by atoms with E-state index >= 15 is 0 Å². The van der Waals surface area contributed by atoms with Crippen LogP contribution in [0.4, 0.5) is 11.4 Å². The zero-order chi connectivity index (χ0) is 14.7. The fourth-order valence-electron chi connectivity index (χ4n) is 2.11. The van der Waals surface area contributed by atoms with Gasteiger partial charge in [-0.2, -0.15) is 0 Å². The van der Waals surface area contributed by atoms with Crippen LogP contribution in [-0.4, -0.2) is 11.2 Å². The van der Waals surface area contributed by atoms with Crippen molar-refractivity contribution in [3.05, 3.63) is 75.4 Å². The Morgan fingerprint density at radius 3 is 2.57 bits per heavy atom. The minimum Gasteiger partial charge on any atom is -0.320 e. The molecule has 0 unspecified atom stereocenters. The van der Waals surface area contributed by atoms with Gasteiger partial charge < -0.3 is 4.98 Å². The summed E-state index contributed by atoms with van der Waals surface area (Å²) in [6, 6.07) is 16.0. The van der Waals surface area contributed by atoms with E-state index in [1.165, 1.54) is 6.21 Å². The molecule has 0 atom stereocenters. The molecule has 0 bridgehead atoms. The Morgan fingerprint density at radius 2 is 1.71 bits per heavy atom. The molecule has 0 amide bonds. The van der Waals surface area contributed by atoms with Crippen molar-refractivity contribution in [3.8, 4) is 11.3 Å². The van der Waals surface area contributed by atoms with E-state index < -0.39 is 0 Å². The van der Waals surface area contributed by atoms with Gasteiger partial charge in [0.2, 0.25) is 0 Å². The van der Waals surface area contributed by atoms with Gasteiger partial charge in [-0.3, -0.25) is 4.79 Å². The van der Waals surface area contributed by atoms with Crippen LogP contribution in [0.25, 0.3) is 11.3 Å². The molecule has 0 spiro atoms. The van der Waals surface area contributed by atoms with Crippen LogP contribution in [0.5, 0.6) is 0 Å². The van der Waals surface area contributed by atoms with Crippen molar-refractivity contribution in [3.63, 3.8) is 0 Å². The molecule has 0 radical (unpaired) electrons. The molecule has 21 heavy (non-hydrogen) atoms. The molecule has 5 heteroatoms. The van der Waals surface area contributed by atoms with Gasteiger partial charge in [0.05, 0.1) is 5.69 Å². The van der Waals surface area contributed by atoms with Crippen molar-refractivity contribution in [2.45, 2.75) is 0 Å². The van der Waals surface area contributed by atoms with E-state index in [9.17, 15) is 9.70 Å². The number of hydrogen-bond donors (Lipinski definition) is 1. The smallest absolute Gasteiger partial charge is 0.274 e. The maximum Gasteiger partial charge on any atom is 0.274 e. The molecule has 1 aliphatic heterocycles. The standard InChI is InChI=1S/C16H11N3O2/c20-16-15(12-7-2-1-3-9-14(12)18-16)17-10-11-6-4-5-8-13(11)19-21/h1-10H,(H,18,20)/b17-10+. The van der Waals surface area contributed by atoms with Crippen LogP contribution >= 0.6 is 0 Å². The lowest BCUT2D eigenvalue weighted by atomic mass is 10.2. The Labute approximate surface area is 120 Å². The zero-order valence-electron chi connectivity index (χ0n) is 11.0. The van der Waals surface area contributed by atoms with Gasteiger partial charge in [-0.1, -0.05) is 42.5 Å². The van der Waals surface area contributed by atoms with E-state index in [2.05, 4.69) is 15.2 Å². The number of benzene rings is 1. The average molecular weight is 277 g/mol. The van der Waals surface area contributed by atoms with Crippen LogP contribution in [0.3, 0.4) is 0 Å². The lowest BCUT2D eigenvalue weighted by Crippen LogP contribution is -1.96. The molecule has 0 aromatic heterocycles. The predicted molar refractivity (Wildman–Crippen MR) is 82.8 cm³/mol. The second-order valence-electron chi connectivity index (χ2n) is 4.45. The van der Waals surface area contributed by atoms with Crippen LogP contribution in [0.2, 0.25) is 0 Å². The Balaban J connectivity index is 2.08. The highest BCUT2D eigenvalue weighted by molar-refractivity contribution is 5.90. The number of aromatic amines is 1. The number of rotatable bonds is 3. The van der Waals surface area contributed by atoms with Gasteiger partial charge in [0.15, 0.2) is 0 Å². The first kappa shape index (κ1) is 12.9. The second-order valence-corrected chi connectivity index (χ2v) is 4.45. The molecule has 1 aromatic carbocycles. The van der Waals surface area contributed by atoms with Crippen molar-refractivity contribution in [1.82, 2.24) is 4.98 Å². The first-order valence-electron chi connectivity index (χ1n) is 6.37. The monoisotopic (exact) mass is 277 g/mol. The van der Waals surface area contributed by atoms with Gasteiger partial charge in [-0.15, -0.1) is 4.91 Å². The topological polar surface area (TPSA) is 74.7 Å². The Morgan fingerprint density at radius 1 is 0.952 bits per heavy atom. The maximum absolute atomic E-state index is 12.0. The number of nitrogens with one attached hydrogen (secondary N) is 1. The molecule has 1 aromatic rings. The van der Waals surface area contributed by atoms with Crippen molar-refractivity contribution in [2.24, 2.45) is 10.2 Å². The normalized spacial score (nSPS) is 11.0. The highest BCUT2D eigenvalue weighted by Gasteiger charge is 2.12. The number of nitrogens with zero attached hydrogens (tertiary/aromatic N) is 2. The summed E-state index contributed by atoms with van der Waals surface area (Å²) >= 11 is 0. The van der Waals surface area contributed by atoms with Crippen LogP contribution in [0.15, 0.2) is 69.6 Å². The molecule has 1 heterocycles. The molecular formula is C16H11N3O2. The molecule has 1 aliphatic carbocycles. The molecule has 0 saturated carbocycles. The van der Waals surface area contributed by atoms with Crippen molar-refractivity contribution >= 4 is 17.6 Å². The fourth-order valence-corrected chi connectivity index (χ4v) is 2.11. The lowest BCUT2D eigenvalue weighted by Gasteiger charge is -1.96. The van der Waals surface area contributed by atoms with E-state index in [4.69, 9.17) is 0 Å². The molecular weight excluding hydrogens is 266 g/mol. The van der Waals surface area contributed by atoms with Gasteiger partial charge >= 0.3 is 0 Å². The van der Waals surface area contributed by atoms with Gasteiger partial charge in [0, 0.05) is 17.3 Å². The van der Waals surface area contributed by atoms with Crippen LogP contribution in [-0.2, 0) is 0 Å². The molecule has 5 nitrogen and oxygen atoms in total. The minimum atomic E-state index is -0.260. The van der Waals surface area contributed by atoms with Crippen molar-refractivity contribution in [2.75, 3.05) is 0 Å². The van der Waals surface area contributed by atoms with Crippen molar-refractivity contribution in [1.29, 1.82) is 0 Å². The van der Waals surface area contributed by atoms with Gasteiger partial charge in [-0.05, 0) is 17.3 Å². The van der Waals surface area contributed by atoms with Crippen LogP contribution in [0, 0.1) is 4.91 Å². The molecule has 102 valence electrons. The molecule has 0 fully saturated rings. The third kappa shape index (κ3) is 2.49. The largest absolute Gasteiger partial charge is 0.320 e. The van der Waals surface area contributed by atoms with Gasteiger partial charge in [-0.25, -0.2) is 4.99 Å². The molecule has 3 rings (SSSR count). The summed E-state index contributed by atoms with van der Waals surface area (Å²) in [7, 11) is 0. The summed E-state index contributed by atoms with van der Waals surface area (Å²) in [5, 5.41) is 2.94. The highest BCUT2D eigenvalue weighted by atomic mass is 16.3. The molecule has 1 N–H and O–H groups in total. The van der Waals surface area contributed by atoms with E-state index in [-0.39, 0.29) is 5.56 Å². The second kappa shape index (κ2) is 5.50. The number of hydrogen-bond acceptors (Lipinski definition) is 4. The number of aliphatic imine (C=N–C) groups is 1. The summed E-state index contributed by atoms with van der Waals surface area (Å²) in [4.78, 5) is 29.7. The molecule has 0 saturated heterocycles. The zero-order valence-corrected chi connectivity index (χ0v) is 11.0. The summed E-state index contributed by atoms with van der Waals surface area (Å²) in [6.07, 6.45) is 1.48. The van der Waals surface area contributed by atoms with Gasteiger partial charge in [0.25, 0.3) is 5.56 Å². The lowest BCUT2D eigenvalue weighted by molar-refractivity contribution is 1.31. The van der Waals surface area contributed by atoms with E-state index in [0.29, 0.717) is 16.9 Å². The average Bonchev–Trinajstić information content (AvgIpc) is 2.66. The minimum absolute atomic E-state index is 0.260. The van der Waals surface area contributed by atoms with Crippen LogP contribution < -0.4 is 5.56 Å². The number of fused-ring (bicyclic) bond motifs is 1. The Hall–Kier alpha value is -3.08. The summed E-state index contributed by atoms with van der Waals surface area (Å²) in [6.45, 7) is 0. The van der Waals surface area contributed by atoms with Crippen molar-refractivity contribution < 1.29 is 0 Å². The number of H-pyrrole nitrogens is 1. The third-order valence-electron chi connectivity index (χ3n) is 3.12. The summed E-state index contributed by atoms with van der Waals surface area (Å²) < 4.78 is 0. The van der Waals surface area contributed by atoms with E-state index in [1.54, 1.807) is 24.3 Å². The summed E-state index contributed by atoms with van der Waals surface area (Å²) in [5.74, 6) is 0.